The van der Waals surface area contributed by atoms with E-state index in [0.29, 0.717) is 0 Å². The number of aliphatic imine (C=N–C) groups is 2. The maximum Gasteiger partial charge on any atom is 0.0665 e. The molecule has 3 heteroatoms. The van der Waals surface area contributed by atoms with Crippen LogP contribution in [0.3, 0.4) is 0 Å². The summed E-state index contributed by atoms with van der Waals surface area (Å²) in [5.74, 6) is 0. The molecular formula is C36H52N2Ni. The summed E-state index contributed by atoms with van der Waals surface area (Å²) in [6.45, 7) is 6.66. The van der Waals surface area contributed by atoms with Gasteiger partial charge in [-0.05, 0) is 87.5 Å². The van der Waals surface area contributed by atoms with Crippen LogP contribution < -0.4 is 0 Å². The van der Waals surface area contributed by atoms with E-state index in [1.54, 1.807) is 0 Å². The predicted octanol–water partition coefficient (Wildman–Crippen LogP) is 11.5. The molecule has 0 aliphatic heterocycles. The van der Waals surface area contributed by atoms with Crippen LogP contribution in [-0.4, -0.2) is 11.9 Å². The molecule has 0 atom stereocenters. The summed E-state index contributed by atoms with van der Waals surface area (Å²) in [6.07, 6.45) is 28.8. The predicted molar refractivity (Wildman–Crippen MR) is 171 cm³/mol. The van der Waals surface area contributed by atoms with Gasteiger partial charge in [-0.1, -0.05) is 114 Å². The summed E-state index contributed by atoms with van der Waals surface area (Å²) in [7, 11) is 0. The van der Waals surface area contributed by atoms with Gasteiger partial charge in [-0.25, -0.2) is 0 Å². The van der Waals surface area contributed by atoms with Gasteiger partial charge in [0.05, 0.1) is 17.1 Å². The van der Waals surface area contributed by atoms with Gasteiger partial charge in [0.15, 0.2) is 0 Å². The Hall–Kier alpha value is -2.25. The van der Waals surface area contributed by atoms with Crippen molar-refractivity contribution >= 4 is 23.3 Å². The van der Waals surface area contributed by atoms with Gasteiger partial charge in [0.1, 0.15) is 0 Å². The molecule has 0 fully saturated rings. The number of benzene rings is 2. The van der Waals surface area contributed by atoms with Crippen molar-refractivity contribution in [3.05, 3.63) is 84.0 Å². The molecule has 0 unspecified atom stereocenters. The van der Waals surface area contributed by atoms with Crippen molar-refractivity contribution in [2.75, 3.05) is 0 Å². The minimum atomic E-state index is 0. The molecule has 0 aliphatic rings. The molecule has 0 bridgehead atoms. The molecule has 216 valence electrons. The third-order valence-electron chi connectivity index (χ3n) is 6.82. The Kier molecular flexibility index (Phi) is 21.1. The van der Waals surface area contributed by atoms with E-state index in [9.17, 15) is 0 Å². The molecule has 0 saturated heterocycles. The molecule has 0 aromatic heterocycles. The van der Waals surface area contributed by atoms with Gasteiger partial charge in [0.2, 0.25) is 0 Å². The smallest absolute Gasteiger partial charge is 0.0665 e. The van der Waals surface area contributed by atoms with Gasteiger partial charge >= 0.3 is 0 Å². The van der Waals surface area contributed by atoms with E-state index in [-0.39, 0.29) is 16.5 Å². The average Bonchev–Trinajstić information content (AvgIpc) is 2.94. The van der Waals surface area contributed by atoms with Crippen LogP contribution in [0.4, 0.5) is 11.4 Å². The number of nitrogens with zero attached hydrogens (tertiary/aromatic N) is 2. The Labute approximate surface area is 250 Å². The first-order valence-corrected chi connectivity index (χ1v) is 15.4. The maximum absolute atomic E-state index is 5.19. The molecule has 2 rings (SSSR count). The molecular weight excluding hydrogens is 519 g/mol. The van der Waals surface area contributed by atoms with Gasteiger partial charge in [-0.3, -0.25) is 9.98 Å². The Morgan fingerprint density at radius 1 is 0.615 bits per heavy atom. The third-order valence-corrected chi connectivity index (χ3v) is 6.82. The van der Waals surface area contributed by atoms with Gasteiger partial charge in [-0.15, -0.1) is 0 Å². The fourth-order valence-corrected chi connectivity index (χ4v) is 4.60. The van der Waals surface area contributed by atoms with Gasteiger partial charge in [-0.2, -0.15) is 0 Å². The number of hydrogen-bond acceptors (Lipinski definition) is 2. The van der Waals surface area contributed by atoms with Gasteiger partial charge in [0.25, 0.3) is 0 Å². The minimum Gasteiger partial charge on any atom is -0.255 e. The van der Waals surface area contributed by atoms with Gasteiger partial charge < -0.3 is 0 Å². The summed E-state index contributed by atoms with van der Waals surface area (Å²) in [5, 5.41) is 0. The second-order valence-electron chi connectivity index (χ2n) is 10.2. The van der Waals surface area contributed by atoms with E-state index < -0.39 is 0 Å². The molecule has 2 aromatic carbocycles. The minimum absolute atomic E-state index is 0. The van der Waals surface area contributed by atoms with Crippen LogP contribution in [0.2, 0.25) is 0 Å². The van der Waals surface area contributed by atoms with Crippen LogP contribution in [0.25, 0.3) is 0 Å². The normalized spacial score (nSPS) is 12.1. The SMILES string of the molecule is CCC=CCCCc1ccccc1N=CC(CCCCCCCC)=Nc1ccccc1CCCC=CCC.[Ni]. The number of rotatable bonds is 20. The zero-order valence-corrected chi connectivity index (χ0v) is 25.8. The largest absolute Gasteiger partial charge is 0.255 e. The Morgan fingerprint density at radius 2 is 1.15 bits per heavy atom. The number of aryl methyl sites for hydroxylation is 2. The molecule has 0 radical (unpaired) electrons. The van der Waals surface area contributed by atoms with Crippen molar-refractivity contribution in [3.63, 3.8) is 0 Å². The number of para-hydroxylation sites is 2. The molecule has 0 heterocycles. The Balaban J connectivity index is 0.00000760. The zero-order chi connectivity index (χ0) is 27.1. The van der Waals surface area contributed by atoms with Crippen molar-refractivity contribution in [3.8, 4) is 0 Å². The molecule has 39 heavy (non-hydrogen) atoms. The molecule has 2 aromatic rings. The Morgan fingerprint density at radius 3 is 1.77 bits per heavy atom. The number of hydrogen-bond donors (Lipinski definition) is 0. The van der Waals surface area contributed by atoms with Gasteiger partial charge in [0, 0.05) is 22.7 Å². The number of allylic oxidation sites excluding steroid dienone is 4. The fraction of sp³-hybridized carbons (Fsp3) is 0.500. The van der Waals surface area contributed by atoms with Crippen LogP contribution in [-0.2, 0) is 29.3 Å². The maximum atomic E-state index is 5.19. The molecule has 0 saturated carbocycles. The Bertz CT molecular complexity index is 1000. The first-order chi connectivity index (χ1) is 18.8. The molecule has 0 N–H and O–H groups in total. The average molecular weight is 572 g/mol. The van der Waals surface area contributed by atoms with Crippen molar-refractivity contribution < 1.29 is 16.5 Å². The quantitative estimate of drug-likeness (QED) is 0.0654. The van der Waals surface area contributed by atoms with Crippen LogP contribution in [0.1, 0.15) is 115 Å². The standard InChI is InChI=1S/C36H52N2.Ni/c1-4-7-10-13-16-19-28-34(38-36-30-23-21-27-33(36)25-18-15-12-9-6-3)31-37-35-29-22-20-26-32(35)24-17-14-11-8-5-2;/h8-9,11-12,20-23,26-27,29-31H,4-7,10,13-19,24-25,28H2,1-3H3;. The van der Waals surface area contributed by atoms with E-state index in [1.807, 2.05) is 6.21 Å². The van der Waals surface area contributed by atoms with Crippen LogP contribution in [0, 0.1) is 0 Å². The van der Waals surface area contributed by atoms with Crippen LogP contribution in [0.5, 0.6) is 0 Å². The van der Waals surface area contributed by atoms with Crippen molar-refractivity contribution in [1.82, 2.24) is 0 Å². The van der Waals surface area contributed by atoms with Crippen LogP contribution >= 0.6 is 0 Å². The monoisotopic (exact) mass is 570 g/mol. The summed E-state index contributed by atoms with van der Waals surface area (Å²) in [4.78, 5) is 10.2. The molecule has 2 nitrogen and oxygen atoms in total. The summed E-state index contributed by atoms with van der Waals surface area (Å²) >= 11 is 0. The second-order valence-corrected chi connectivity index (χ2v) is 10.2. The third kappa shape index (κ3) is 15.8. The van der Waals surface area contributed by atoms with Crippen molar-refractivity contribution in [1.29, 1.82) is 0 Å². The molecule has 0 amide bonds. The fourth-order valence-electron chi connectivity index (χ4n) is 4.60. The van der Waals surface area contributed by atoms with E-state index in [1.165, 1.54) is 49.7 Å². The van der Waals surface area contributed by atoms with Crippen molar-refractivity contribution in [2.24, 2.45) is 9.98 Å². The first kappa shape index (κ1) is 34.8. The number of unbranched alkanes of at least 4 members (excludes halogenated alkanes) is 7. The van der Waals surface area contributed by atoms with E-state index in [2.05, 4.69) is 93.6 Å². The summed E-state index contributed by atoms with van der Waals surface area (Å²) in [6, 6.07) is 17.3. The summed E-state index contributed by atoms with van der Waals surface area (Å²) < 4.78 is 0. The summed E-state index contributed by atoms with van der Waals surface area (Å²) in [5.41, 5.74) is 5.95. The van der Waals surface area contributed by atoms with E-state index >= 15 is 0 Å². The van der Waals surface area contributed by atoms with Crippen molar-refractivity contribution in [2.45, 2.75) is 117 Å². The van der Waals surface area contributed by atoms with Crippen LogP contribution in [0.15, 0.2) is 82.8 Å². The molecule has 0 spiro atoms. The molecule has 0 aliphatic carbocycles. The topological polar surface area (TPSA) is 24.7 Å². The zero-order valence-electron chi connectivity index (χ0n) is 24.8. The van der Waals surface area contributed by atoms with E-state index in [0.717, 1.165) is 74.9 Å². The second kappa shape index (κ2) is 23.6. The first-order valence-electron chi connectivity index (χ1n) is 15.4. The van der Waals surface area contributed by atoms with E-state index in [4.69, 9.17) is 9.98 Å².